The predicted octanol–water partition coefficient (Wildman–Crippen LogP) is 4.81. The van der Waals surface area contributed by atoms with Gasteiger partial charge >= 0.3 is 0 Å². The first-order chi connectivity index (χ1) is 16.4. The van der Waals surface area contributed by atoms with Crippen LogP contribution < -0.4 is 10.3 Å². The van der Waals surface area contributed by atoms with Gasteiger partial charge in [-0.05, 0) is 55.8 Å². The Bertz CT molecular complexity index is 1630. The van der Waals surface area contributed by atoms with Gasteiger partial charge in [-0.15, -0.1) is 0 Å². The van der Waals surface area contributed by atoms with E-state index in [0.717, 1.165) is 16.5 Å². The number of benzene rings is 1. The van der Waals surface area contributed by atoms with E-state index < -0.39 is 5.41 Å². The summed E-state index contributed by atoms with van der Waals surface area (Å²) in [6.45, 7) is 3.73. The van der Waals surface area contributed by atoms with Crippen LogP contribution in [-0.4, -0.2) is 26.6 Å². The van der Waals surface area contributed by atoms with Gasteiger partial charge in [-0.25, -0.2) is 9.97 Å². The largest absolute Gasteiger partial charge is 0.481 e. The molecule has 4 aromatic heterocycles. The molecule has 0 N–H and O–H groups in total. The van der Waals surface area contributed by atoms with Crippen molar-refractivity contribution in [3.05, 3.63) is 89.0 Å². The van der Waals surface area contributed by atoms with Crippen LogP contribution in [0.25, 0.3) is 38.9 Å². The molecule has 0 bridgehead atoms. The Kier molecular flexibility index (Phi) is 5.06. The maximum absolute atomic E-state index is 13.1. The van der Waals surface area contributed by atoms with E-state index in [4.69, 9.17) is 9.72 Å². The molecule has 0 aliphatic carbocycles. The molecule has 0 amide bonds. The van der Waals surface area contributed by atoms with Gasteiger partial charge in [-0.2, -0.15) is 5.26 Å². The highest BCUT2D eigenvalue weighted by Crippen LogP contribution is 2.28. The van der Waals surface area contributed by atoms with Crippen LogP contribution in [-0.2, 0) is 5.41 Å². The van der Waals surface area contributed by atoms with Crippen molar-refractivity contribution in [2.24, 2.45) is 0 Å². The second-order valence-electron chi connectivity index (χ2n) is 8.51. The molecule has 0 saturated heterocycles. The van der Waals surface area contributed by atoms with Crippen molar-refractivity contribution in [1.82, 2.24) is 19.5 Å². The molecule has 0 atom stereocenters. The number of rotatable bonds is 4. The van der Waals surface area contributed by atoms with Gasteiger partial charge < -0.3 is 4.74 Å². The molecule has 5 aromatic rings. The number of hydrogen-bond donors (Lipinski definition) is 0. The van der Waals surface area contributed by atoms with Crippen molar-refractivity contribution in [3.8, 4) is 28.9 Å². The average Bonchev–Trinajstić information content (AvgIpc) is 2.88. The van der Waals surface area contributed by atoms with Gasteiger partial charge in [0.05, 0.1) is 35.3 Å². The van der Waals surface area contributed by atoms with Crippen LogP contribution in [0.15, 0.2) is 77.9 Å². The number of fused-ring (bicyclic) bond motifs is 3. The number of methoxy groups -OCH3 is 1. The van der Waals surface area contributed by atoms with E-state index in [1.165, 1.54) is 6.07 Å². The van der Waals surface area contributed by atoms with Crippen molar-refractivity contribution in [1.29, 1.82) is 5.26 Å². The minimum Gasteiger partial charge on any atom is -0.481 e. The van der Waals surface area contributed by atoms with E-state index in [1.807, 2.05) is 56.3 Å². The first-order valence-electron chi connectivity index (χ1n) is 10.8. The van der Waals surface area contributed by atoms with Gasteiger partial charge in [0.15, 0.2) is 0 Å². The zero-order valence-corrected chi connectivity index (χ0v) is 19.0. The Morgan fingerprint density at radius 3 is 2.41 bits per heavy atom. The first-order valence-corrected chi connectivity index (χ1v) is 10.8. The van der Waals surface area contributed by atoms with Gasteiger partial charge in [0, 0.05) is 41.2 Å². The quantitative estimate of drug-likeness (QED) is 0.367. The minimum atomic E-state index is -0.623. The standard InChI is InChI=1S/C27H21N5O2/c1-27(2,16-28)19-6-8-20(9-7-19)32-24(33)13-5-18-15-29-22-11-10-21(31-25(22)26(18)32)17-4-12-23(34-3)30-14-17/h4-15H,1-3H3. The molecule has 0 unspecified atom stereocenters. The number of pyridine rings is 4. The summed E-state index contributed by atoms with van der Waals surface area (Å²) >= 11 is 0. The fourth-order valence-electron chi connectivity index (χ4n) is 3.93. The summed E-state index contributed by atoms with van der Waals surface area (Å²) in [5.41, 5.74) is 4.29. The fourth-order valence-corrected chi connectivity index (χ4v) is 3.93. The van der Waals surface area contributed by atoms with Crippen LogP contribution in [0.5, 0.6) is 5.88 Å². The summed E-state index contributed by atoms with van der Waals surface area (Å²) in [5, 5.41) is 10.3. The van der Waals surface area contributed by atoms with Gasteiger partial charge in [-0.1, -0.05) is 12.1 Å². The zero-order chi connectivity index (χ0) is 23.9. The zero-order valence-electron chi connectivity index (χ0n) is 19.0. The lowest BCUT2D eigenvalue weighted by Crippen LogP contribution is -2.19. The summed E-state index contributed by atoms with van der Waals surface area (Å²) in [6, 6.07) is 20.5. The number of ether oxygens (including phenoxy) is 1. The van der Waals surface area contributed by atoms with E-state index in [1.54, 1.807) is 36.2 Å². The Morgan fingerprint density at radius 2 is 1.74 bits per heavy atom. The Hall–Kier alpha value is -4.57. The van der Waals surface area contributed by atoms with Crippen LogP contribution in [0.3, 0.4) is 0 Å². The highest BCUT2D eigenvalue weighted by molar-refractivity contribution is 6.02. The lowest BCUT2D eigenvalue weighted by atomic mass is 9.86. The van der Waals surface area contributed by atoms with E-state index in [2.05, 4.69) is 16.0 Å². The molecule has 166 valence electrons. The van der Waals surface area contributed by atoms with E-state index >= 15 is 0 Å². The monoisotopic (exact) mass is 447 g/mol. The third-order valence-electron chi connectivity index (χ3n) is 5.93. The Labute approximate surface area is 195 Å². The smallest absolute Gasteiger partial charge is 0.255 e. The SMILES string of the molecule is COc1ccc(-c2ccc3ncc4ccc(=O)n(-c5ccc(C(C)(C)C#N)cc5)c4c3n2)cn1. The molecule has 4 heterocycles. The molecule has 0 fully saturated rings. The molecule has 0 spiro atoms. The summed E-state index contributed by atoms with van der Waals surface area (Å²) in [7, 11) is 1.57. The van der Waals surface area contributed by atoms with Crippen LogP contribution in [0.1, 0.15) is 19.4 Å². The van der Waals surface area contributed by atoms with Crippen molar-refractivity contribution in [3.63, 3.8) is 0 Å². The molecule has 34 heavy (non-hydrogen) atoms. The van der Waals surface area contributed by atoms with Crippen LogP contribution in [0.2, 0.25) is 0 Å². The topological polar surface area (TPSA) is 93.7 Å². The molecule has 5 rings (SSSR count). The number of aromatic nitrogens is 4. The van der Waals surface area contributed by atoms with E-state index in [9.17, 15) is 10.1 Å². The van der Waals surface area contributed by atoms with Crippen molar-refractivity contribution < 1.29 is 4.74 Å². The normalized spacial score (nSPS) is 11.5. The molecule has 1 aromatic carbocycles. The number of hydrogen-bond acceptors (Lipinski definition) is 6. The third kappa shape index (κ3) is 3.55. The molecule has 0 saturated carbocycles. The summed E-state index contributed by atoms with van der Waals surface area (Å²) < 4.78 is 6.79. The minimum absolute atomic E-state index is 0.175. The number of nitrogens with zero attached hydrogens (tertiary/aromatic N) is 5. The Balaban J connectivity index is 1.75. The van der Waals surface area contributed by atoms with Gasteiger partial charge in [0.25, 0.3) is 5.56 Å². The summed E-state index contributed by atoms with van der Waals surface area (Å²) in [6.07, 6.45) is 3.45. The van der Waals surface area contributed by atoms with Crippen molar-refractivity contribution >= 4 is 21.9 Å². The van der Waals surface area contributed by atoms with Gasteiger partial charge in [0.2, 0.25) is 5.88 Å². The molecule has 0 aliphatic heterocycles. The maximum Gasteiger partial charge on any atom is 0.255 e. The van der Waals surface area contributed by atoms with Crippen LogP contribution in [0.4, 0.5) is 0 Å². The summed E-state index contributed by atoms with van der Waals surface area (Å²) in [5.74, 6) is 0.522. The molecular weight excluding hydrogens is 426 g/mol. The second-order valence-corrected chi connectivity index (χ2v) is 8.51. The van der Waals surface area contributed by atoms with Gasteiger partial charge in [0.1, 0.15) is 5.52 Å². The molecule has 7 nitrogen and oxygen atoms in total. The second kappa shape index (κ2) is 8.09. The van der Waals surface area contributed by atoms with Gasteiger partial charge in [-0.3, -0.25) is 14.3 Å². The van der Waals surface area contributed by atoms with Crippen molar-refractivity contribution in [2.45, 2.75) is 19.3 Å². The van der Waals surface area contributed by atoms with Crippen LogP contribution >= 0.6 is 0 Å². The lowest BCUT2D eigenvalue weighted by Gasteiger charge is -2.17. The Morgan fingerprint density at radius 1 is 0.941 bits per heavy atom. The predicted molar refractivity (Wildman–Crippen MR) is 131 cm³/mol. The number of nitriles is 1. The van der Waals surface area contributed by atoms with E-state index in [-0.39, 0.29) is 5.56 Å². The fraction of sp³-hybridized carbons (Fsp3) is 0.148. The lowest BCUT2D eigenvalue weighted by molar-refractivity contribution is 0.398. The first kappa shape index (κ1) is 21.3. The average molecular weight is 447 g/mol. The highest BCUT2D eigenvalue weighted by atomic mass is 16.5. The molecule has 7 heteroatoms. The molecule has 0 radical (unpaired) electrons. The molecular formula is C27H21N5O2. The molecule has 0 aliphatic rings. The third-order valence-corrected chi connectivity index (χ3v) is 5.93. The summed E-state index contributed by atoms with van der Waals surface area (Å²) in [4.78, 5) is 26.8. The maximum atomic E-state index is 13.1. The van der Waals surface area contributed by atoms with Crippen LogP contribution in [0, 0.1) is 11.3 Å². The highest BCUT2D eigenvalue weighted by Gasteiger charge is 2.20. The van der Waals surface area contributed by atoms with E-state index in [0.29, 0.717) is 33.8 Å². The van der Waals surface area contributed by atoms with Crippen molar-refractivity contribution in [2.75, 3.05) is 7.11 Å².